The van der Waals surface area contributed by atoms with Crippen LogP contribution in [0.25, 0.3) is 0 Å². The summed E-state index contributed by atoms with van der Waals surface area (Å²) in [5, 5.41) is 4.33. The molecule has 21 heavy (non-hydrogen) atoms. The number of nitrogens with one attached hydrogen (secondary N) is 1. The van der Waals surface area contributed by atoms with Gasteiger partial charge in [-0.3, -0.25) is 4.79 Å². The fourth-order valence-corrected chi connectivity index (χ4v) is 4.16. The molecule has 1 N–H and O–H groups in total. The topological polar surface area (TPSA) is 29.1 Å². The second kappa shape index (κ2) is 6.50. The third kappa shape index (κ3) is 3.49. The van der Waals surface area contributed by atoms with Crippen molar-refractivity contribution >= 4 is 17.4 Å². The van der Waals surface area contributed by atoms with Crippen LogP contribution in [0.3, 0.4) is 0 Å². The minimum atomic E-state index is 0.0294. The van der Waals surface area contributed by atoms with Crippen molar-refractivity contribution in [2.24, 2.45) is 5.92 Å². The normalized spacial score (nSPS) is 29.0. The molecular formula is C18H24ClNO. The van der Waals surface area contributed by atoms with Crippen LogP contribution in [-0.4, -0.2) is 17.9 Å². The van der Waals surface area contributed by atoms with Crippen LogP contribution < -0.4 is 5.32 Å². The van der Waals surface area contributed by atoms with Gasteiger partial charge in [0.05, 0.1) is 6.04 Å². The number of carbonyl (C=O) groups is 1. The number of fused-ring (bicyclic) bond motifs is 1. The zero-order valence-electron chi connectivity index (χ0n) is 12.7. The number of Topliss-reactive ketones (excluding diaryl/α,β-unsaturated/α-hetero) is 1. The highest BCUT2D eigenvalue weighted by atomic mass is 35.5. The predicted molar refractivity (Wildman–Crippen MR) is 86.8 cm³/mol. The van der Waals surface area contributed by atoms with Crippen molar-refractivity contribution in [2.45, 2.75) is 64.0 Å². The molecule has 0 aromatic heterocycles. The average molecular weight is 306 g/mol. The van der Waals surface area contributed by atoms with E-state index in [1.165, 1.54) is 32.1 Å². The van der Waals surface area contributed by atoms with Gasteiger partial charge in [-0.1, -0.05) is 36.6 Å². The highest BCUT2D eigenvalue weighted by Crippen LogP contribution is 2.32. The highest BCUT2D eigenvalue weighted by Gasteiger charge is 2.34. The summed E-state index contributed by atoms with van der Waals surface area (Å²) in [5.74, 6) is 1.09. The van der Waals surface area contributed by atoms with Gasteiger partial charge in [-0.2, -0.15) is 0 Å². The van der Waals surface area contributed by atoms with Crippen molar-refractivity contribution < 1.29 is 4.79 Å². The summed E-state index contributed by atoms with van der Waals surface area (Å²) in [7, 11) is 0. The van der Waals surface area contributed by atoms with E-state index in [9.17, 15) is 4.79 Å². The quantitative estimate of drug-likeness (QED) is 0.912. The van der Waals surface area contributed by atoms with Gasteiger partial charge in [0, 0.05) is 17.5 Å². The molecule has 1 aliphatic heterocycles. The van der Waals surface area contributed by atoms with Crippen molar-refractivity contribution in [3.8, 4) is 0 Å². The van der Waals surface area contributed by atoms with Crippen molar-refractivity contribution in [1.29, 1.82) is 0 Å². The Morgan fingerprint density at radius 1 is 1.24 bits per heavy atom. The van der Waals surface area contributed by atoms with Crippen LogP contribution in [0.4, 0.5) is 0 Å². The molecule has 1 saturated heterocycles. The Morgan fingerprint density at radius 2 is 2.05 bits per heavy atom. The SMILES string of the molecule is Cc1ccc(CC(=O)C2CCC3CCCCC3N2)c(Cl)c1. The molecule has 1 aliphatic carbocycles. The zero-order chi connectivity index (χ0) is 14.8. The number of aryl methyl sites for hydroxylation is 1. The van der Waals surface area contributed by atoms with E-state index >= 15 is 0 Å². The van der Waals surface area contributed by atoms with E-state index in [0.717, 1.165) is 28.5 Å². The first kappa shape index (κ1) is 15.1. The van der Waals surface area contributed by atoms with E-state index in [0.29, 0.717) is 18.2 Å². The number of hydrogen-bond acceptors (Lipinski definition) is 2. The predicted octanol–water partition coefficient (Wildman–Crippen LogP) is 4.07. The molecule has 2 aliphatic rings. The van der Waals surface area contributed by atoms with Gasteiger partial charge in [-0.25, -0.2) is 0 Å². The first-order valence-corrected chi connectivity index (χ1v) is 8.55. The van der Waals surface area contributed by atoms with Gasteiger partial charge < -0.3 is 5.32 Å². The Labute approximate surface area is 132 Å². The fraction of sp³-hybridized carbons (Fsp3) is 0.611. The molecule has 1 aromatic rings. The molecule has 0 amide bonds. The first-order chi connectivity index (χ1) is 10.1. The van der Waals surface area contributed by atoms with Gasteiger partial charge in [-0.15, -0.1) is 0 Å². The molecule has 3 heteroatoms. The summed E-state index contributed by atoms with van der Waals surface area (Å²) in [6.07, 6.45) is 7.88. The molecular weight excluding hydrogens is 282 g/mol. The standard InChI is InChI=1S/C18H24ClNO/c1-12-6-7-14(15(19)10-12)11-18(21)17-9-8-13-4-2-3-5-16(13)20-17/h6-7,10,13,16-17,20H,2-5,8-9,11H2,1H3. The van der Waals surface area contributed by atoms with E-state index in [-0.39, 0.29) is 6.04 Å². The molecule has 3 atom stereocenters. The molecule has 3 unspecified atom stereocenters. The summed E-state index contributed by atoms with van der Waals surface area (Å²) in [6.45, 7) is 2.02. The van der Waals surface area contributed by atoms with Crippen molar-refractivity contribution in [3.63, 3.8) is 0 Å². The molecule has 114 valence electrons. The van der Waals surface area contributed by atoms with Gasteiger partial charge in [0.1, 0.15) is 0 Å². The van der Waals surface area contributed by atoms with E-state index < -0.39 is 0 Å². The smallest absolute Gasteiger partial charge is 0.154 e. The van der Waals surface area contributed by atoms with Gasteiger partial charge in [0.2, 0.25) is 0 Å². The molecule has 3 rings (SSSR count). The zero-order valence-corrected chi connectivity index (χ0v) is 13.5. The van der Waals surface area contributed by atoms with E-state index in [1.54, 1.807) is 0 Å². The van der Waals surface area contributed by atoms with Crippen molar-refractivity contribution in [2.75, 3.05) is 0 Å². The van der Waals surface area contributed by atoms with Crippen LogP contribution in [0, 0.1) is 12.8 Å². The summed E-state index contributed by atoms with van der Waals surface area (Å²) in [5.41, 5.74) is 2.09. The molecule has 1 heterocycles. The maximum atomic E-state index is 12.6. The second-order valence-electron chi connectivity index (χ2n) is 6.69. The van der Waals surface area contributed by atoms with Crippen LogP contribution in [0.15, 0.2) is 18.2 Å². The minimum Gasteiger partial charge on any atom is -0.304 e. The Hall–Kier alpha value is -0.860. The largest absolute Gasteiger partial charge is 0.304 e. The number of benzene rings is 1. The summed E-state index contributed by atoms with van der Waals surface area (Å²) in [4.78, 5) is 12.6. The number of rotatable bonds is 3. The van der Waals surface area contributed by atoms with Crippen LogP contribution in [0.5, 0.6) is 0 Å². The third-order valence-corrected chi connectivity index (χ3v) is 5.46. The highest BCUT2D eigenvalue weighted by molar-refractivity contribution is 6.31. The minimum absolute atomic E-state index is 0.0294. The van der Waals surface area contributed by atoms with Crippen LogP contribution >= 0.6 is 11.6 Å². The Bertz CT molecular complexity index is 528. The van der Waals surface area contributed by atoms with Gasteiger partial charge in [0.15, 0.2) is 5.78 Å². The maximum absolute atomic E-state index is 12.6. The summed E-state index contributed by atoms with van der Waals surface area (Å²) >= 11 is 6.25. The lowest BCUT2D eigenvalue weighted by atomic mass is 9.77. The molecule has 2 fully saturated rings. The number of piperidine rings is 1. The summed E-state index contributed by atoms with van der Waals surface area (Å²) < 4.78 is 0. The molecule has 2 nitrogen and oxygen atoms in total. The monoisotopic (exact) mass is 305 g/mol. The Morgan fingerprint density at radius 3 is 2.86 bits per heavy atom. The van der Waals surface area contributed by atoms with Crippen LogP contribution in [0.1, 0.15) is 49.7 Å². The Kier molecular flexibility index (Phi) is 4.66. The van der Waals surface area contributed by atoms with E-state index in [2.05, 4.69) is 5.32 Å². The fourth-order valence-electron chi connectivity index (χ4n) is 3.86. The van der Waals surface area contributed by atoms with Crippen molar-refractivity contribution in [1.82, 2.24) is 5.32 Å². The lowest BCUT2D eigenvalue weighted by Gasteiger charge is -2.40. The molecule has 1 saturated carbocycles. The van der Waals surface area contributed by atoms with Gasteiger partial charge in [0.25, 0.3) is 0 Å². The van der Waals surface area contributed by atoms with Gasteiger partial charge in [-0.05, 0) is 55.7 Å². The molecule has 1 aromatic carbocycles. The first-order valence-electron chi connectivity index (χ1n) is 8.17. The van der Waals surface area contributed by atoms with Gasteiger partial charge >= 0.3 is 0 Å². The van der Waals surface area contributed by atoms with E-state index in [4.69, 9.17) is 11.6 Å². The van der Waals surface area contributed by atoms with Crippen molar-refractivity contribution in [3.05, 3.63) is 34.3 Å². The number of carbonyl (C=O) groups excluding carboxylic acids is 1. The lowest BCUT2D eigenvalue weighted by molar-refractivity contribution is -0.121. The van der Waals surface area contributed by atoms with Crippen LogP contribution in [0.2, 0.25) is 5.02 Å². The molecule has 0 bridgehead atoms. The third-order valence-electron chi connectivity index (χ3n) is 5.11. The second-order valence-corrected chi connectivity index (χ2v) is 7.09. The maximum Gasteiger partial charge on any atom is 0.154 e. The van der Waals surface area contributed by atoms with Crippen LogP contribution in [-0.2, 0) is 11.2 Å². The molecule has 0 spiro atoms. The summed E-state index contributed by atoms with van der Waals surface area (Å²) in [6, 6.07) is 6.55. The number of halogens is 1. The average Bonchev–Trinajstić information content (AvgIpc) is 2.49. The number of hydrogen-bond donors (Lipinski definition) is 1. The number of ketones is 1. The Balaban J connectivity index is 1.63. The van der Waals surface area contributed by atoms with E-state index in [1.807, 2.05) is 25.1 Å². The lowest BCUT2D eigenvalue weighted by Crippen LogP contribution is -2.52. The molecule has 0 radical (unpaired) electrons.